The summed E-state index contributed by atoms with van der Waals surface area (Å²) < 4.78 is 14.4. The minimum Gasteiger partial charge on any atom is -0.478 e. The summed E-state index contributed by atoms with van der Waals surface area (Å²) in [4.78, 5) is 26.4. The van der Waals surface area contributed by atoms with E-state index in [1.54, 1.807) is 6.07 Å². The highest BCUT2D eigenvalue weighted by Gasteiger charge is 2.12. The number of aromatic carboxylic acids is 1. The van der Waals surface area contributed by atoms with Gasteiger partial charge < -0.3 is 10.4 Å². The van der Waals surface area contributed by atoms with Crippen LogP contribution in [0.2, 0.25) is 0 Å². The van der Waals surface area contributed by atoms with Gasteiger partial charge in [-0.15, -0.1) is 0 Å². The number of amides is 1. The van der Waals surface area contributed by atoms with Crippen molar-refractivity contribution in [2.24, 2.45) is 0 Å². The highest BCUT2D eigenvalue weighted by molar-refractivity contribution is 9.10. The average molecular weight is 339 g/mol. The molecule has 0 aliphatic rings. The molecule has 5 nitrogen and oxygen atoms in total. The Labute approximate surface area is 121 Å². The maximum atomic E-state index is 13.6. The van der Waals surface area contributed by atoms with Crippen LogP contribution in [0.25, 0.3) is 0 Å². The number of anilines is 1. The summed E-state index contributed by atoms with van der Waals surface area (Å²) in [7, 11) is 0. The number of pyridine rings is 1. The summed E-state index contributed by atoms with van der Waals surface area (Å²) in [6.45, 7) is 0. The van der Waals surface area contributed by atoms with E-state index in [1.165, 1.54) is 24.4 Å². The molecule has 102 valence electrons. The van der Waals surface area contributed by atoms with Crippen LogP contribution >= 0.6 is 15.9 Å². The summed E-state index contributed by atoms with van der Waals surface area (Å²) in [5.41, 5.74) is -0.179. The number of aromatic nitrogens is 1. The van der Waals surface area contributed by atoms with Gasteiger partial charge in [0.2, 0.25) is 0 Å². The Morgan fingerprint density at radius 1 is 1.25 bits per heavy atom. The molecule has 0 spiro atoms. The molecule has 0 unspecified atom stereocenters. The SMILES string of the molecule is O=C(O)c1ccc(NC(=O)c2ccc(Br)cn2)c(F)c1. The van der Waals surface area contributed by atoms with Crippen LogP contribution in [0.15, 0.2) is 41.0 Å². The topological polar surface area (TPSA) is 79.3 Å². The predicted octanol–water partition coefficient (Wildman–Crippen LogP) is 2.93. The van der Waals surface area contributed by atoms with E-state index in [-0.39, 0.29) is 16.9 Å². The van der Waals surface area contributed by atoms with E-state index < -0.39 is 17.7 Å². The van der Waals surface area contributed by atoms with E-state index >= 15 is 0 Å². The summed E-state index contributed by atoms with van der Waals surface area (Å²) in [6.07, 6.45) is 1.44. The Bertz CT molecular complexity index is 674. The number of carbonyl (C=O) groups excluding carboxylic acids is 1. The van der Waals surface area contributed by atoms with Crippen molar-refractivity contribution < 1.29 is 19.1 Å². The van der Waals surface area contributed by atoms with Crippen molar-refractivity contribution in [2.75, 3.05) is 5.32 Å². The Kier molecular flexibility index (Phi) is 4.09. The van der Waals surface area contributed by atoms with Gasteiger partial charge in [0.15, 0.2) is 0 Å². The Morgan fingerprint density at radius 2 is 2.00 bits per heavy atom. The molecule has 1 aromatic heterocycles. The van der Waals surface area contributed by atoms with Crippen molar-refractivity contribution in [1.82, 2.24) is 4.98 Å². The molecule has 1 heterocycles. The van der Waals surface area contributed by atoms with Gasteiger partial charge in [0.25, 0.3) is 5.91 Å². The van der Waals surface area contributed by atoms with Gasteiger partial charge in [-0.1, -0.05) is 0 Å². The van der Waals surface area contributed by atoms with Gasteiger partial charge in [-0.3, -0.25) is 4.79 Å². The largest absolute Gasteiger partial charge is 0.478 e. The number of rotatable bonds is 3. The minimum absolute atomic E-state index is 0.107. The highest BCUT2D eigenvalue weighted by Crippen LogP contribution is 2.17. The molecule has 0 fully saturated rings. The van der Waals surface area contributed by atoms with Crippen LogP contribution in [0, 0.1) is 5.82 Å². The molecule has 0 radical (unpaired) electrons. The monoisotopic (exact) mass is 338 g/mol. The molecule has 0 atom stereocenters. The summed E-state index contributed by atoms with van der Waals surface area (Å²) >= 11 is 3.18. The molecule has 2 N–H and O–H groups in total. The maximum absolute atomic E-state index is 13.6. The lowest BCUT2D eigenvalue weighted by molar-refractivity contribution is 0.0696. The molecule has 0 aliphatic heterocycles. The first-order chi connectivity index (χ1) is 9.47. The van der Waals surface area contributed by atoms with Gasteiger partial charge in [-0.05, 0) is 46.3 Å². The van der Waals surface area contributed by atoms with E-state index in [9.17, 15) is 14.0 Å². The van der Waals surface area contributed by atoms with Crippen LogP contribution in [0.4, 0.5) is 10.1 Å². The van der Waals surface area contributed by atoms with Crippen molar-refractivity contribution in [2.45, 2.75) is 0 Å². The summed E-state index contributed by atoms with van der Waals surface area (Å²) in [5.74, 6) is -2.65. The van der Waals surface area contributed by atoms with Gasteiger partial charge in [0.05, 0.1) is 11.3 Å². The van der Waals surface area contributed by atoms with E-state index in [0.717, 1.165) is 6.07 Å². The second-order valence-corrected chi connectivity index (χ2v) is 4.73. The predicted molar refractivity (Wildman–Crippen MR) is 73.2 cm³/mol. The van der Waals surface area contributed by atoms with Crippen molar-refractivity contribution in [3.8, 4) is 0 Å². The fourth-order valence-corrected chi connectivity index (χ4v) is 1.68. The first-order valence-electron chi connectivity index (χ1n) is 5.43. The number of carboxylic acids is 1. The Balaban J connectivity index is 2.19. The zero-order valence-electron chi connectivity index (χ0n) is 9.93. The first-order valence-corrected chi connectivity index (χ1v) is 6.22. The number of halogens is 2. The Morgan fingerprint density at radius 3 is 2.55 bits per heavy atom. The number of nitrogens with one attached hydrogen (secondary N) is 1. The smallest absolute Gasteiger partial charge is 0.335 e. The molecular weight excluding hydrogens is 331 g/mol. The number of carboxylic acid groups (broad SMARTS) is 1. The van der Waals surface area contributed by atoms with Crippen molar-refractivity contribution in [3.63, 3.8) is 0 Å². The van der Waals surface area contributed by atoms with E-state index in [0.29, 0.717) is 4.47 Å². The highest BCUT2D eigenvalue weighted by atomic mass is 79.9. The number of benzene rings is 1. The lowest BCUT2D eigenvalue weighted by atomic mass is 10.2. The molecule has 20 heavy (non-hydrogen) atoms. The molecule has 1 amide bonds. The zero-order chi connectivity index (χ0) is 14.7. The summed E-state index contributed by atoms with van der Waals surface area (Å²) in [5, 5.41) is 11.0. The second kappa shape index (κ2) is 5.79. The van der Waals surface area contributed by atoms with Crippen LogP contribution in [0.3, 0.4) is 0 Å². The van der Waals surface area contributed by atoms with Gasteiger partial charge in [0, 0.05) is 10.7 Å². The molecule has 0 saturated carbocycles. The summed E-state index contributed by atoms with van der Waals surface area (Å²) in [6, 6.07) is 6.34. The first kappa shape index (κ1) is 14.1. The van der Waals surface area contributed by atoms with Crippen LogP contribution < -0.4 is 5.32 Å². The third kappa shape index (κ3) is 3.18. The minimum atomic E-state index is -1.24. The van der Waals surface area contributed by atoms with Crippen LogP contribution in [-0.4, -0.2) is 22.0 Å². The lowest BCUT2D eigenvalue weighted by Crippen LogP contribution is -2.14. The maximum Gasteiger partial charge on any atom is 0.335 e. The fourth-order valence-electron chi connectivity index (χ4n) is 1.45. The van der Waals surface area contributed by atoms with E-state index in [4.69, 9.17) is 5.11 Å². The number of nitrogens with zero attached hydrogens (tertiary/aromatic N) is 1. The van der Waals surface area contributed by atoms with Gasteiger partial charge in [-0.2, -0.15) is 0 Å². The molecule has 1 aromatic carbocycles. The quantitative estimate of drug-likeness (QED) is 0.901. The molecule has 0 saturated heterocycles. The molecule has 7 heteroatoms. The fraction of sp³-hybridized carbons (Fsp3) is 0. The van der Waals surface area contributed by atoms with E-state index in [1.807, 2.05) is 0 Å². The van der Waals surface area contributed by atoms with Crippen molar-refractivity contribution >= 4 is 33.5 Å². The second-order valence-electron chi connectivity index (χ2n) is 3.82. The normalized spacial score (nSPS) is 10.1. The van der Waals surface area contributed by atoms with Crippen LogP contribution in [0.5, 0.6) is 0 Å². The third-order valence-corrected chi connectivity index (χ3v) is 2.89. The van der Waals surface area contributed by atoms with Crippen molar-refractivity contribution in [3.05, 3.63) is 58.1 Å². The molecule has 0 aliphatic carbocycles. The molecule has 2 rings (SSSR count). The average Bonchev–Trinajstić information content (AvgIpc) is 2.41. The number of hydrogen-bond acceptors (Lipinski definition) is 3. The number of carbonyl (C=O) groups is 2. The molecule has 2 aromatic rings. The molecular formula is C13H8BrFN2O3. The van der Waals surface area contributed by atoms with Crippen LogP contribution in [-0.2, 0) is 0 Å². The van der Waals surface area contributed by atoms with Crippen LogP contribution in [0.1, 0.15) is 20.8 Å². The van der Waals surface area contributed by atoms with Gasteiger partial charge in [0.1, 0.15) is 11.5 Å². The van der Waals surface area contributed by atoms with Gasteiger partial charge >= 0.3 is 5.97 Å². The molecule has 0 bridgehead atoms. The zero-order valence-corrected chi connectivity index (χ0v) is 11.5. The van der Waals surface area contributed by atoms with Crippen molar-refractivity contribution in [1.29, 1.82) is 0 Å². The third-order valence-electron chi connectivity index (χ3n) is 2.42. The Hall–Kier alpha value is -2.28. The van der Waals surface area contributed by atoms with E-state index in [2.05, 4.69) is 26.2 Å². The lowest BCUT2D eigenvalue weighted by Gasteiger charge is -2.06. The standard InChI is InChI=1S/C13H8BrFN2O3/c14-8-2-4-11(16-6-8)12(18)17-10-3-1-7(13(19)20)5-9(10)15/h1-6H,(H,17,18)(H,19,20). The number of hydrogen-bond donors (Lipinski definition) is 2. The van der Waals surface area contributed by atoms with Gasteiger partial charge in [-0.25, -0.2) is 14.2 Å².